The molecule has 4 nitrogen and oxygen atoms in total. The Bertz CT molecular complexity index is 709. The predicted octanol–water partition coefficient (Wildman–Crippen LogP) is 3.61. The quantitative estimate of drug-likeness (QED) is 0.800. The fraction of sp³-hybridized carbons (Fsp3) is 0.550. The summed E-state index contributed by atoms with van der Waals surface area (Å²) in [5.74, 6) is -0.158. The molecule has 1 fully saturated rings. The number of hydrogen-bond donors (Lipinski definition) is 1. The Balaban J connectivity index is 1.59. The van der Waals surface area contributed by atoms with Crippen LogP contribution in [0.15, 0.2) is 29.6 Å². The van der Waals surface area contributed by atoms with Gasteiger partial charge in [-0.1, -0.05) is 32.0 Å². The summed E-state index contributed by atoms with van der Waals surface area (Å²) >= 11 is 1.63. The lowest BCUT2D eigenvalue weighted by molar-refractivity contribution is -0.0309. The van der Waals surface area contributed by atoms with Crippen LogP contribution in [0, 0.1) is 5.82 Å². The van der Waals surface area contributed by atoms with Crippen molar-refractivity contribution < 1.29 is 9.50 Å². The van der Waals surface area contributed by atoms with Gasteiger partial charge in [0, 0.05) is 30.6 Å². The minimum Gasteiger partial charge on any atom is -0.383 e. The fourth-order valence-electron chi connectivity index (χ4n) is 3.44. The number of hydrogen-bond acceptors (Lipinski definition) is 5. The van der Waals surface area contributed by atoms with Crippen LogP contribution < -0.4 is 0 Å². The lowest BCUT2D eigenvalue weighted by Gasteiger charge is -2.37. The van der Waals surface area contributed by atoms with Crippen molar-refractivity contribution in [3.05, 3.63) is 51.7 Å². The highest BCUT2D eigenvalue weighted by molar-refractivity contribution is 7.09. The average molecular weight is 378 g/mol. The Labute approximate surface area is 159 Å². The van der Waals surface area contributed by atoms with E-state index in [1.54, 1.807) is 17.4 Å². The molecule has 0 bridgehead atoms. The van der Waals surface area contributed by atoms with Gasteiger partial charge in [-0.25, -0.2) is 9.37 Å². The second-order valence-corrected chi connectivity index (χ2v) is 7.93. The lowest BCUT2D eigenvalue weighted by atomic mass is 9.88. The molecule has 0 amide bonds. The molecule has 1 aliphatic rings. The molecule has 1 aromatic carbocycles. The van der Waals surface area contributed by atoms with Gasteiger partial charge < -0.3 is 5.11 Å². The number of aromatic nitrogens is 1. The van der Waals surface area contributed by atoms with E-state index in [-0.39, 0.29) is 5.82 Å². The number of rotatable bonds is 7. The molecule has 0 radical (unpaired) electrons. The number of thiazole rings is 1. The maximum Gasteiger partial charge on any atom is 0.127 e. The molecule has 0 aliphatic carbocycles. The van der Waals surface area contributed by atoms with Crippen LogP contribution in [0.3, 0.4) is 0 Å². The van der Waals surface area contributed by atoms with E-state index in [0.717, 1.165) is 43.4 Å². The molecular formula is C20H28FN3OS. The third-order valence-electron chi connectivity index (χ3n) is 5.32. The fourth-order valence-corrected chi connectivity index (χ4v) is 4.37. The molecule has 3 rings (SSSR count). The molecule has 2 aromatic rings. The topological polar surface area (TPSA) is 39.6 Å². The molecule has 6 heteroatoms. The van der Waals surface area contributed by atoms with Crippen molar-refractivity contribution in [2.24, 2.45) is 0 Å². The van der Waals surface area contributed by atoms with Crippen LogP contribution in [-0.4, -0.2) is 46.1 Å². The van der Waals surface area contributed by atoms with E-state index in [0.29, 0.717) is 24.9 Å². The van der Waals surface area contributed by atoms with Gasteiger partial charge in [-0.15, -0.1) is 11.3 Å². The van der Waals surface area contributed by atoms with Crippen LogP contribution in [0.1, 0.15) is 43.0 Å². The molecule has 2 heterocycles. The maximum absolute atomic E-state index is 13.8. The zero-order valence-electron chi connectivity index (χ0n) is 15.6. The average Bonchev–Trinajstić information content (AvgIpc) is 3.13. The van der Waals surface area contributed by atoms with E-state index in [1.807, 2.05) is 17.5 Å². The minimum atomic E-state index is -0.857. The van der Waals surface area contributed by atoms with E-state index < -0.39 is 5.60 Å². The highest BCUT2D eigenvalue weighted by atomic mass is 32.1. The summed E-state index contributed by atoms with van der Waals surface area (Å²) < 4.78 is 13.8. The highest BCUT2D eigenvalue weighted by Crippen LogP contribution is 2.34. The Kier molecular flexibility index (Phi) is 6.40. The molecular weight excluding hydrogens is 349 g/mol. The van der Waals surface area contributed by atoms with Crippen molar-refractivity contribution in [2.75, 3.05) is 26.2 Å². The maximum atomic E-state index is 13.8. The lowest BCUT2D eigenvalue weighted by Crippen LogP contribution is -2.42. The van der Waals surface area contributed by atoms with Gasteiger partial charge >= 0.3 is 0 Å². The van der Waals surface area contributed by atoms with Crippen LogP contribution in [0.25, 0.3) is 0 Å². The van der Waals surface area contributed by atoms with Gasteiger partial charge in [-0.2, -0.15) is 0 Å². The monoisotopic (exact) mass is 377 g/mol. The zero-order chi connectivity index (χ0) is 18.6. The van der Waals surface area contributed by atoms with E-state index >= 15 is 0 Å². The standard InChI is InChI=1S/C20H28FN3OS/c1-3-23(4-2)14-19-22-18(15-26-19)20(25)9-11-24(12-10-20)13-16-7-5-6-8-17(16)21/h5-8,15,25H,3-4,9-14H2,1-2H3. The third-order valence-corrected chi connectivity index (χ3v) is 6.15. The molecule has 0 spiro atoms. The Hall–Kier alpha value is -1.34. The van der Waals surface area contributed by atoms with Gasteiger partial charge in [0.2, 0.25) is 0 Å². The number of halogens is 1. The number of benzene rings is 1. The summed E-state index contributed by atoms with van der Waals surface area (Å²) in [6, 6.07) is 6.91. The molecule has 142 valence electrons. The number of aliphatic hydroxyl groups is 1. The van der Waals surface area contributed by atoms with E-state index in [4.69, 9.17) is 4.98 Å². The number of likely N-dealkylation sites (tertiary alicyclic amines) is 1. The summed E-state index contributed by atoms with van der Waals surface area (Å²) in [6.07, 6.45) is 1.27. The Morgan fingerprint density at radius 1 is 1.23 bits per heavy atom. The second-order valence-electron chi connectivity index (χ2n) is 6.99. The first-order valence-corrected chi connectivity index (χ1v) is 10.3. The van der Waals surface area contributed by atoms with E-state index in [2.05, 4.69) is 23.6 Å². The SMILES string of the molecule is CCN(CC)Cc1nc(C2(O)CCN(Cc3ccccc3F)CC2)cs1. The molecule has 1 aliphatic heterocycles. The van der Waals surface area contributed by atoms with Crippen molar-refractivity contribution >= 4 is 11.3 Å². The summed E-state index contributed by atoms with van der Waals surface area (Å²) in [7, 11) is 0. The van der Waals surface area contributed by atoms with Gasteiger partial charge in [0.25, 0.3) is 0 Å². The molecule has 0 unspecified atom stereocenters. The van der Waals surface area contributed by atoms with Crippen LogP contribution in [-0.2, 0) is 18.7 Å². The summed E-state index contributed by atoms with van der Waals surface area (Å²) in [6.45, 7) is 9.22. The van der Waals surface area contributed by atoms with E-state index in [1.165, 1.54) is 6.07 Å². The van der Waals surface area contributed by atoms with Crippen LogP contribution >= 0.6 is 11.3 Å². The Morgan fingerprint density at radius 2 is 1.92 bits per heavy atom. The van der Waals surface area contributed by atoms with Gasteiger partial charge in [0.1, 0.15) is 16.4 Å². The van der Waals surface area contributed by atoms with Crippen molar-refractivity contribution in [3.63, 3.8) is 0 Å². The first-order valence-electron chi connectivity index (χ1n) is 9.39. The van der Waals surface area contributed by atoms with Crippen LogP contribution in [0.5, 0.6) is 0 Å². The molecule has 0 atom stereocenters. The van der Waals surface area contributed by atoms with Gasteiger partial charge in [-0.05, 0) is 32.0 Å². The summed E-state index contributed by atoms with van der Waals surface area (Å²) in [5.41, 5.74) is 0.660. The number of piperidine rings is 1. The molecule has 0 saturated carbocycles. The normalized spacial score (nSPS) is 17.7. The van der Waals surface area contributed by atoms with Crippen molar-refractivity contribution in [3.8, 4) is 0 Å². The predicted molar refractivity (Wildman–Crippen MR) is 104 cm³/mol. The van der Waals surface area contributed by atoms with Gasteiger partial charge in [0.05, 0.1) is 12.2 Å². The smallest absolute Gasteiger partial charge is 0.127 e. The van der Waals surface area contributed by atoms with Crippen LogP contribution in [0.4, 0.5) is 4.39 Å². The molecule has 26 heavy (non-hydrogen) atoms. The highest BCUT2D eigenvalue weighted by Gasteiger charge is 2.36. The number of nitrogens with zero attached hydrogens (tertiary/aromatic N) is 3. The summed E-state index contributed by atoms with van der Waals surface area (Å²) in [5, 5.41) is 14.1. The largest absolute Gasteiger partial charge is 0.383 e. The minimum absolute atomic E-state index is 0.158. The van der Waals surface area contributed by atoms with Gasteiger partial charge in [0.15, 0.2) is 0 Å². The molecule has 1 aromatic heterocycles. The van der Waals surface area contributed by atoms with Crippen LogP contribution in [0.2, 0.25) is 0 Å². The Morgan fingerprint density at radius 3 is 2.58 bits per heavy atom. The molecule has 1 saturated heterocycles. The van der Waals surface area contributed by atoms with Crippen molar-refractivity contribution in [2.45, 2.75) is 45.4 Å². The van der Waals surface area contributed by atoms with Crippen molar-refractivity contribution in [1.82, 2.24) is 14.8 Å². The van der Waals surface area contributed by atoms with Crippen molar-refractivity contribution in [1.29, 1.82) is 0 Å². The molecule has 1 N–H and O–H groups in total. The van der Waals surface area contributed by atoms with E-state index in [9.17, 15) is 9.50 Å². The summed E-state index contributed by atoms with van der Waals surface area (Å²) in [4.78, 5) is 9.24. The third kappa shape index (κ3) is 4.49. The first-order chi connectivity index (χ1) is 12.5. The first kappa shape index (κ1) is 19.4. The van der Waals surface area contributed by atoms with Gasteiger partial charge in [-0.3, -0.25) is 9.80 Å². The second kappa shape index (κ2) is 8.57. The zero-order valence-corrected chi connectivity index (χ0v) is 16.4.